The first-order valence-corrected chi connectivity index (χ1v) is 6.91. The predicted molar refractivity (Wildman–Crippen MR) is 74.9 cm³/mol. The van der Waals surface area contributed by atoms with Gasteiger partial charge in [-0.3, -0.25) is 0 Å². The lowest BCUT2D eigenvalue weighted by molar-refractivity contribution is 0.199. The molecule has 2 aromatic rings. The zero-order valence-corrected chi connectivity index (χ0v) is 11.4. The summed E-state index contributed by atoms with van der Waals surface area (Å²) in [5, 5.41) is 9.51. The Morgan fingerprint density at radius 1 is 1.40 bits per heavy atom. The number of furan rings is 1. The van der Waals surface area contributed by atoms with Crippen molar-refractivity contribution in [2.45, 2.75) is 38.5 Å². The Labute approximate surface area is 117 Å². The highest BCUT2D eigenvalue weighted by Crippen LogP contribution is 2.35. The van der Waals surface area contributed by atoms with Crippen molar-refractivity contribution in [3.8, 4) is 0 Å². The summed E-state index contributed by atoms with van der Waals surface area (Å²) in [5.74, 6) is 0.540. The van der Waals surface area contributed by atoms with Crippen molar-refractivity contribution >= 4 is 5.69 Å². The summed E-state index contributed by atoms with van der Waals surface area (Å²) in [6.45, 7) is 2.21. The summed E-state index contributed by atoms with van der Waals surface area (Å²) in [5.41, 5.74) is 1.17. The standard InChI is InChI=1S/C16H18FNO2/c1-11(19)12-4-7-16(15(17)9-12)18(13-5-6-13)10-14-3-2-8-20-14/h2-4,7-9,11,13,19H,5-6,10H2,1H3/t11-/m1/s1. The van der Waals surface area contributed by atoms with Gasteiger partial charge in [-0.05, 0) is 49.6 Å². The number of aliphatic hydroxyl groups is 1. The second kappa shape index (κ2) is 5.29. The van der Waals surface area contributed by atoms with Crippen LogP contribution in [0.2, 0.25) is 0 Å². The Bertz CT molecular complexity index is 576. The molecule has 0 saturated heterocycles. The molecule has 1 N–H and O–H groups in total. The van der Waals surface area contributed by atoms with Gasteiger partial charge >= 0.3 is 0 Å². The Hall–Kier alpha value is -1.81. The molecule has 3 rings (SSSR count). The van der Waals surface area contributed by atoms with E-state index in [0.717, 1.165) is 18.6 Å². The van der Waals surface area contributed by atoms with Crippen LogP contribution < -0.4 is 4.90 Å². The molecular weight excluding hydrogens is 257 g/mol. The van der Waals surface area contributed by atoms with Gasteiger partial charge in [0.15, 0.2) is 0 Å². The summed E-state index contributed by atoms with van der Waals surface area (Å²) in [7, 11) is 0. The van der Waals surface area contributed by atoms with Crippen LogP contribution in [0, 0.1) is 5.82 Å². The van der Waals surface area contributed by atoms with E-state index in [0.29, 0.717) is 23.8 Å². The summed E-state index contributed by atoms with van der Waals surface area (Å²) in [4.78, 5) is 2.04. The zero-order chi connectivity index (χ0) is 14.1. The van der Waals surface area contributed by atoms with Crippen LogP contribution in [0.4, 0.5) is 10.1 Å². The Morgan fingerprint density at radius 2 is 2.20 bits per heavy atom. The highest BCUT2D eigenvalue weighted by Gasteiger charge is 2.31. The number of anilines is 1. The van der Waals surface area contributed by atoms with Gasteiger partial charge in [-0.2, -0.15) is 0 Å². The third-order valence-corrected chi connectivity index (χ3v) is 3.66. The van der Waals surface area contributed by atoms with Crippen molar-refractivity contribution in [2.24, 2.45) is 0 Å². The van der Waals surface area contributed by atoms with Crippen LogP contribution in [0.3, 0.4) is 0 Å². The topological polar surface area (TPSA) is 36.6 Å². The normalized spacial score (nSPS) is 16.1. The van der Waals surface area contributed by atoms with Crippen molar-refractivity contribution in [2.75, 3.05) is 4.90 Å². The minimum absolute atomic E-state index is 0.290. The molecule has 106 valence electrons. The summed E-state index contributed by atoms with van der Waals surface area (Å²) in [6.07, 6.45) is 3.14. The average molecular weight is 275 g/mol. The molecule has 1 aromatic heterocycles. The fraction of sp³-hybridized carbons (Fsp3) is 0.375. The molecule has 1 heterocycles. The van der Waals surface area contributed by atoms with Crippen LogP contribution >= 0.6 is 0 Å². The second-order valence-electron chi connectivity index (χ2n) is 5.33. The lowest BCUT2D eigenvalue weighted by Gasteiger charge is -2.24. The smallest absolute Gasteiger partial charge is 0.146 e. The fourth-order valence-corrected chi connectivity index (χ4v) is 2.38. The minimum atomic E-state index is -0.655. The van der Waals surface area contributed by atoms with E-state index in [2.05, 4.69) is 0 Å². The molecule has 1 saturated carbocycles. The van der Waals surface area contributed by atoms with Crippen LogP contribution in [-0.2, 0) is 6.54 Å². The maximum absolute atomic E-state index is 14.3. The van der Waals surface area contributed by atoms with Crippen molar-refractivity contribution in [3.05, 3.63) is 53.7 Å². The first-order valence-electron chi connectivity index (χ1n) is 6.91. The summed E-state index contributed by atoms with van der Waals surface area (Å²) < 4.78 is 19.7. The van der Waals surface area contributed by atoms with Gasteiger partial charge < -0.3 is 14.4 Å². The Balaban J connectivity index is 1.87. The average Bonchev–Trinajstić information content (AvgIpc) is 3.14. The van der Waals surface area contributed by atoms with E-state index in [9.17, 15) is 9.50 Å². The molecule has 1 aromatic carbocycles. The number of benzene rings is 1. The van der Waals surface area contributed by atoms with E-state index in [-0.39, 0.29) is 5.82 Å². The van der Waals surface area contributed by atoms with Gasteiger partial charge in [-0.25, -0.2) is 4.39 Å². The van der Waals surface area contributed by atoms with Crippen molar-refractivity contribution < 1.29 is 13.9 Å². The van der Waals surface area contributed by atoms with Gasteiger partial charge in [-0.15, -0.1) is 0 Å². The monoisotopic (exact) mass is 275 g/mol. The third kappa shape index (κ3) is 2.70. The van der Waals surface area contributed by atoms with E-state index in [4.69, 9.17) is 4.42 Å². The molecule has 3 nitrogen and oxygen atoms in total. The lowest BCUT2D eigenvalue weighted by Crippen LogP contribution is -2.25. The number of hydrogen-bond acceptors (Lipinski definition) is 3. The zero-order valence-electron chi connectivity index (χ0n) is 11.4. The van der Waals surface area contributed by atoms with Crippen LogP contribution in [0.1, 0.15) is 37.2 Å². The molecular formula is C16H18FNO2. The summed E-state index contributed by atoms with van der Waals surface area (Å²) >= 11 is 0. The molecule has 0 bridgehead atoms. The lowest BCUT2D eigenvalue weighted by atomic mass is 10.1. The highest BCUT2D eigenvalue weighted by molar-refractivity contribution is 5.51. The van der Waals surface area contributed by atoms with Crippen molar-refractivity contribution in [1.29, 1.82) is 0 Å². The number of halogens is 1. The van der Waals surface area contributed by atoms with E-state index in [1.165, 1.54) is 6.07 Å². The number of hydrogen-bond donors (Lipinski definition) is 1. The quantitative estimate of drug-likeness (QED) is 0.905. The fourth-order valence-electron chi connectivity index (χ4n) is 2.38. The van der Waals surface area contributed by atoms with Crippen molar-refractivity contribution in [3.63, 3.8) is 0 Å². The van der Waals surface area contributed by atoms with Crippen molar-refractivity contribution in [1.82, 2.24) is 0 Å². The van der Waals surface area contributed by atoms with Gasteiger partial charge in [0, 0.05) is 6.04 Å². The molecule has 0 aliphatic heterocycles. The third-order valence-electron chi connectivity index (χ3n) is 3.66. The van der Waals surface area contributed by atoms with Crippen LogP contribution in [0.25, 0.3) is 0 Å². The molecule has 0 amide bonds. The molecule has 0 spiro atoms. The van der Waals surface area contributed by atoms with Gasteiger partial charge in [0.1, 0.15) is 11.6 Å². The van der Waals surface area contributed by atoms with Crippen LogP contribution in [-0.4, -0.2) is 11.1 Å². The van der Waals surface area contributed by atoms with E-state index in [1.54, 1.807) is 25.3 Å². The molecule has 1 aliphatic rings. The van der Waals surface area contributed by atoms with E-state index >= 15 is 0 Å². The molecule has 1 aliphatic carbocycles. The van der Waals surface area contributed by atoms with Crippen LogP contribution in [0.15, 0.2) is 41.0 Å². The largest absolute Gasteiger partial charge is 0.467 e. The summed E-state index contributed by atoms with van der Waals surface area (Å²) in [6, 6.07) is 9.06. The maximum Gasteiger partial charge on any atom is 0.146 e. The Kier molecular flexibility index (Phi) is 3.49. The predicted octanol–water partition coefficient (Wildman–Crippen LogP) is 3.64. The SMILES string of the molecule is C[C@@H](O)c1ccc(N(Cc2ccco2)C2CC2)c(F)c1. The number of aliphatic hydroxyl groups excluding tert-OH is 1. The molecule has 4 heteroatoms. The first-order chi connectivity index (χ1) is 9.65. The van der Waals surface area contributed by atoms with Gasteiger partial charge in [0.05, 0.1) is 24.6 Å². The molecule has 1 fully saturated rings. The molecule has 0 unspecified atom stereocenters. The second-order valence-corrected chi connectivity index (χ2v) is 5.33. The van der Waals surface area contributed by atoms with Crippen LogP contribution in [0.5, 0.6) is 0 Å². The van der Waals surface area contributed by atoms with Gasteiger partial charge in [0.2, 0.25) is 0 Å². The minimum Gasteiger partial charge on any atom is -0.467 e. The molecule has 1 atom stereocenters. The maximum atomic E-state index is 14.3. The first kappa shape index (κ1) is 13.2. The highest BCUT2D eigenvalue weighted by atomic mass is 19.1. The number of rotatable bonds is 5. The number of nitrogens with zero attached hydrogens (tertiary/aromatic N) is 1. The van der Waals surface area contributed by atoms with E-state index < -0.39 is 6.10 Å². The molecule has 0 radical (unpaired) electrons. The van der Waals surface area contributed by atoms with E-state index in [1.807, 2.05) is 17.0 Å². The molecule has 20 heavy (non-hydrogen) atoms. The van der Waals surface area contributed by atoms with Gasteiger partial charge in [-0.1, -0.05) is 6.07 Å². The van der Waals surface area contributed by atoms with Gasteiger partial charge in [0.25, 0.3) is 0 Å². The Morgan fingerprint density at radius 3 is 2.75 bits per heavy atom.